The molecule has 0 bridgehead atoms. The summed E-state index contributed by atoms with van der Waals surface area (Å²) in [7, 11) is 0. The molecule has 0 radical (unpaired) electrons. The zero-order valence-corrected chi connectivity index (χ0v) is 12.6. The van der Waals surface area contributed by atoms with Gasteiger partial charge in [-0.1, -0.05) is 18.2 Å². The van der Waals surface area contributed by atoms with Gasteiger partial charge in [-0.25, -0.2) is 4.98 Å². The Morgan fingerprint density at radius 3 is 2.77 bits per heavy atom. The normalized spacial score (nSPS) is 10.6. The van der Waals surface area contributed by atoms with E-state index in [1.54, 1.807) is 36.5 Å². The third-order valence-corrected chi connectivity index (χ3v) is 3.86. The summed E-state index contributed by atoms with van der Waals surface area (Å²) in [5.41, 5.74) is 0.522. The number of anilines is 1. The van der Waals surface area contributed by atoms with E-state index in [0.29, 0.717) is 11.1 Å². The molecule has 3 aromatic rings. The van der Waals surface area contributed by atoms with Crippen molar-refractivity contribution in [2.24, 2.45) is 0 Å². The van der Waals surface area contributed by atoms with Gasteiger partial charge in [-0.3, -0.25) is 9.59 Å². The summed E-state index contributed by atoms with van der Waals surface area (Å²) >= 11 is 1.52. The van der Waals surface area contributed by atoms with E-state index in [4.69, 9.17) is 0 Å². The molecule has 0 fully saturated rings. The van der Waals surface area contributed by atoms with E-state index in [1.807, 2.05) is 18.4 Å². The Bertz CT molecular complexity index is 888. The van der Waals surface area contributed by atoms with Gasteiger partial charge >= 0.3 is 0 Å². The number of pyridine rings is 2. The minimum Gasteiger partial charge on any atom is -0.319 e. The fourth-order valence-electron chi connectivity index (χ4n) is 2.11. The fourth-order valence-corrected chi connectivity index (χ4v) is 2.47. The number of aromatic nitrogens is 2. The molecule has 110 valence electrons. The number of nitrogens with one attached hydrogen (secondary N) is 2. The van der Waals surface area contributed by atoms with Gasteiger partial charge in [-0.2, -0.15) is 0 Å². The molecule has 0 spiro atoms. The van der Waals surface area contributed by atoms with Gasteiger partial charge in [0.25, 0.3) is 11.5 Å². The van der Waals surface area contributed by atoms with Crippen LogP contribution in [-0.4, -0.2) is 22.1 Å². The first-order valence-corrected chi connectivity index (χ1v) is 7.83. The van der Waals surface area contributed by atoms with Crippen molar-refractivity contribution in [3.8, 4) is 0 Å². The number of amides is 1. The molecule has 0 aliphatic rings. The van der Waals surface area contributed by atoms with E-state index in [0.717, 1.165) is 10.4 Å². The minimum absolute atomic E-state index is 0.220. The van der Waals surface area contributed by atoms with Crippen LogP contribution >= 0.6 is 11.8 Å². The Morgan fingerprint density at radius 2 is 2.05 bits per heavy atom. The molecule has 0 aliphatic carbocycles. The number of benzene rings is 1. The van der Waals surface area contributed by atoms with Crippen LogP contribution in [0.5, 0.6) is 0 Å². The van der Waals surface area contributed by atoms with Crippen LogP contribution < -0.4 is 10.9 Å². The number of thioether (sulfide) groups is 1. The molecule has 6 heteroatoms. The van der Waals surface area contributed by atoms with Crippen molar-refractivity contribution in [3.63, 3.8) is 0 Å². The van der Waals surface area contributed by atoms with Crippen molar-refractivity contribution in [3.05, 3.63) is 64.7 Å². The van der Waals surface area contributed by atoms with Gasteiger partial charge in [0.2, 0.25) is 0 Å². The number of carbonyl (C=O) groups is 1. The summed E-state index contributed by atoms with van der Waals surface area (Å²) in [5.74, 6) is -0.374. The Kier molecular flexibility index (Phi) is 3.93. The summed E-state index contributed by atoms with van der Waals surface area (Å²) in [6.45, 7) is 0. The number of H-pyrrole nitrogens is 1. The summed E-state index contributed by atoms with van der Waals surface area (Å²) in [6.07, 6.45) is 3.52. The molecule has 0 unspecified atom stereocenters. The lowest BCUT2D eigenvalue weighted by molar-refractivity contribution is 0.102. The Hall–Kier alpha value is -2.60. The van der Waals surface area contributed by atoms with Crippen LogP contribution in [0.2, 0.25) is 0 Å². The van der Waals surface area contributed by atoms with Gasteiger partial charge in [-0.05, 0) is 35.9 Å². The van der Waals surface area contributed by atoms with Gasteiger partial charge in [0.1, 0.15) is 5.69 Å². The maximum Gasteiger partial charge on any atom is 0.272 e. The molecule has 3 rings (SSSR count). The number of hydrogen-bond acceptors (Lipinski definition) is 4. The van der Waals surface area contributed by atoms with E-state index >= 15 is 0 Å². The summed E-state index contributed by atoms with van der Waals surface area (Å²) < 4.78 is 0. The average Bonchev–Trinajstić information content (AvgIpc) is 2.55. The number of aromatic amines is 1. The summed E-state index contributed by atoms with van der Waals surface area (Å²) in [5, 5.41) is 4.88. The molecular formula is C16H13N3O2S. The molecule has 2 heterocycles. The second-order valence-corrected chi connectivity index (χ2v) is 5.47. The third kappa shape index (κ3) is 2.87. The first-order chi connectivity index (χ1) is 10.7. The minimum atomic E-state index is -0.374. The highest BCUT2D eigenvalue weighted by molar-refractivity contribution is 7.98. The molecule has 0 saturated carbocycles. The van der Waals surface area contributed by atoms with Crippen LogP contribution in [0.4, 0.5) is 5.69 Å². The molecule has 0 aliphatic heterocycles. The Balaban J connectivity index is 1.89. The van der Waals surface area contributed by atoms with Crippen molar-refractivity contribution in [1.82, 2.24) is 9.97 Å². The summed E-state index contributed by atoms with van der Waals surface area (Å²) in [4.78, 5) is 31.0. The number of nitrogens with zero attached hydrogens (tertiary/aromatic N) is 1. The maximum atomic E-state index is 12.3. The topological polar surface area (TPSA) is 74.8 Å². The third-order valence-electron chi connectivity index (χ3n) is 3.20. The van der Waals surface area contributed by atoms with Crippen molar-refractivity contribution in [2.45, 2.75) is 5.03 Å². The predicted molar refractivity (Wildman–Crippen MR) is 88.5 cm³/mol. The number of fused-ring (bicyclic) bond motifs is 1. The monoisotopic (exact) mass is 311 g/mol. The molecule has 22 heavy (non-hydrogen) atoms. The van der Waals surface area contributed by atoms with Crippen molar-refractivity contribution >= 4 is 34.1 Å². The Labute approximate surface area is 130 Å². The van der Waals surface area contributed by atoms with Crippen LogP contribution in [0.15, 0.2) is 58.5 Å². The van der Waals surface area contributed by atoms with Crippen molar-refractivity contribution in [1.29, 1.82) is 0 Å². The number of rotatable bonds is 3. The van der Waals surface area contributed by atoms with Gasteiger partial charge < -0.3 is 10.3 Å². The zero-order valence-electron chi connectivity index (χ0n) is 11.8. The van der Waals surface area contributed by atoms with Crippen LogP contribution in [0, 0.1) is 0 Å². The van der Waals surface area contributed by atoms with Crippen LogP contribution in [0.3, 0.4) is 0 Å². The maximum absolute atomic E-state index is 12.3. The molecular weight excluding hydrogens is 298 g/mol. The number of hydrogen-bond donors (Lipinski definition) is 2. The first-order valence-electron chi connectivity index (χ1n) is 6.61. The standard InChI is InChI=1S/C16H13N3O2S/c1-22-14-7-6-11(9-17-14)18-16(21)13-8-10-4-2-3-5-12(10)15(20)19-13/h2-9H,1H3,(H,18,21)(H,19,20). The second-order valence-electron chi connectivity index (χ2n) is 4.64. The van der Waals surface area contributed by atoms with E-state index < -0.39 is 0 Å². The molecule has 5 nitrogen and oxygen atoms in total. The Morgan fingerprint density at radius 1 is 1.23 bits per heavy atom. The SMILES string of the molecule is CSc1ccc(NC(=O)c2cc3ccccc3c(=O)[nH]2)cn1. The van der Waals surface area contributed by atoms with E-state index in [9.17, 15) is 9.59 Å². The second kappa shape index (κ2) is 6.03. The molecule has 0 atom stereocenters. The molecule has 1 aromatic carbocycles. The van der Waals surface area contributed by atoms with Gasteiger partial charge in [-0.15, -0.1) is 11.8 Å². The summed E-state index contributed by atoms with van der Waals surface area (Å²) in [6, 6.07) is 12.4. The highest BCUT2D eigenvalue weighted by atomic mass is 32.2. The van der Waals surface area contributed by atoms with E-state index in [2.05, 4.69) is 15.3 Å². The largest absolute Gasteiger partial charge is 0.319 e. The molecule has 1 amide bonds. The highest BCUT2D eigenvalue weighted by Crippen LogP contribution is 2.15. The highest BCUT2D eigenvalue weighted by Gasteiger charge is 2.10. The molecule has 2 N–H and O–H groups in total. The fraction of sp³-hybridized carbons (Fsp3) is 0.0625. The quantitative estimate of drug-likeness (QED) is 0.729. The molecule has 0 saturated heterocycles. The lowest BCUT2D eigenvalue weighted by Crippen LogP contribution is -2.19. The van der Waals surface area contributed by atoms with Gasteiger partial charge in [0, 0.05) is 5.39 Å². The lowest BCUT2D eigenvalue weighted by atomic mass is 10.1. The van der Waals surface area contributed by atoms with E-state index in [-0.39, 0.29) is 17.2 Å². The number of carbonyl (C=O) groups excluding carboxylic acids is 1. The van der Waals surface area contributed by atoms with Crippen LogP contribution in [-0.2, 0) is 0 Å². The smallest absolute Gasteiger partial charge is 0.272 e. The zero-order chi connectivity index (χ0) is 15.5. The van der Waals surface area contributed by atoms with E-state index in [1.165, 1.54) is 11.8 Å². The van der Waals surface area contributed by atoms with Crippen molar-refractivity contribution in [2.75, 3.05) is 11.6 Å². The van der Waals surface area contributed by atoms with Crippen LogP contribution in [0.1, 0.15) is 10.5 Å². The van der Waals surface area contributed by atoms with Crippen LogP contribution in [0.25, 0.3) is 10.8 Å². The first kappa shape index (κ1) is 14.3. The predicted octanol–water partition coefficient (Wildman–Crippen LogP) is 2.90. The van der Waals surface area contributed by atoms with Gasteiger partial charge in [0.15, 0.2) is 0 Å². The van der Waals surface area contributed by atoms with Crippen molar-refractivity contribution < 1.29 is 4.79 Å². The lowest BCUT2D eigenvalue weighted by Gasteiger charge is -2.06. The molecule has 2 aromatic heterocycles. The average molecular weight is 311 g/mol. The van der Waals surface area contributed by atoms with Gasteiger partial charge in [0.05, 0.1) is 16.9 Å².